The summed E-state index contributed by atoms with van der Waals surface area (Å²) in [4.78, 5) is 0. The van der Waals surface area contributed by atoms with Crippen molar-refractivity contribution in [2.24, 2.45) is 0 Å². The molecule has 0 N–H and O–H groups in total. The van der Waals surface area contributed by atoms with E-state index in [0.29, 0.717) is 0 Å². The van der Waals surface area contributed by atoms with Crippen molar-refractivity contribution in [1.29, 1.82) is 0 Å². The van der Waals surface area contributed by atoms with E-state index in [2.05, 4.69) is 0 Å². The Labute approximate surface area is 125 Å². The van der Waals surface area contributed by atoms with Crippen molar-refractivity contribution in [3.8, 4) is 0 Å². The average molecular weight is 399 g/mol. The van der Waals surface area contributed by atoms with Gasteiger partial charge in [-0.2, -0.15) is 0 Å². The molecule has 10 heavy (non-hydrogen) atoms. The maximum Gasteiger partial charge on any atom is 3.00 e. The monoisotopic (exact) mass is 399 g/mol. The standard InChI is InChI=1S/2BO3.Ce.Pr/c2*2-1(3)4;;/q2*-3;2*+3. The molecule has 0 aromatic heterocycles. The van der Waals surface area contributed by atoms with Gasteiger partial charge in [-0.25, -0.2) is 0 Å². The van der Waals surface area contributed by atoms with Gasteiger partial charge in [-0.1, -0.05) is 0 Å². The summed E-state index contributed by atoms with van der Waals surface area (Å²) in [6, 6.07) is 0. The summed E-state index contributed by atoms with van der Waals surface area (Å²) in [5.74, 6) is 0. The molecular formula is B2CeO6Pr. The Kier molecular flexibility index (Phi) is 40.5. The summed E-state index contributed by atoms with van der Waals surface area (Å²) >= 11 is 0. The molecule has 0 atom stereocenters. The van der Waals surface area contributed by atoms with E-state index in [1.54, 1.807) is 0 Å². The summed E-state index contributed by atoms with van der Waals surface area (Å²) in [5.41, 5.74) is 0. The van der Waals surface area contributed by atoms with E-state index in [1.807, 2.05) is 0 Å². The zero-order valence-electron chi connectivity index (χ0n) is 4.68. The van der Waals surface area contributed by atoms with Crippen LogP contribution in [0.25, 0.3) is 0 Å². The summed E-state index contributed by atoms with van der Waals surface area (Å²) in [6.07, 6.45) is 0. The molecule has 0 aliphatic rings. The van der Waals surface area contributed by atoms with Crippen LogP contribution < -0.4 is 30.1 Å². The largest absolute Gasteiger partial charge is 3.00 e. The fraction of sp³-hybridized carbons (Fsp3) is 0. The third-order valence-electron chi connectivity index (χ3n) is 0. The predicted octanol–water partition coefficient (Wildman–Crippen LogP) is -7.90. The minimum atomic E-state index is -2.92. The van der Waals surface area contributed by atoms with Crippen LogP contribution in [0.1, 0.15) is 0 Å². The average Bonchev–Trinajstić information content (AvgIpc) is 1.25. The van der Waals surface area contributed by atoms with Gasteiger partial charge in [0.15, 0.2) is 0 Å². The molecule has 0 fully saturated rings. The summed E-state index contributed by atoms with van der Waals surface area (Å²) < 4.78 is 0. The van der Waals surface area contributed by atoms with Crippen molar-refractivity contribution < 1.29 is 113 Å². The molecular weight excluding hydrogens is 399 g/mol. The van der Waals surface area contributed by atoms with E-state index in [1.165, 1.54) is 0 Å². The van der Waals surface area contributed by atoms with Gasteiger partial charge in [-0.3, -0.25) is 14.6 Å². The van der Waals surface area contributed by atoms with Crippen LogP contribution in [-0.4, -0.2) is 14.6 Å². The van der Waals surface area contributed by atoms with Crippen LogP contribution in [0.5, 0.6) is 0 Å². The number of rotatable bonds is 0. The first kappa shape index (κ1) is 22.9. The zero-order chi connectivity index (χ0) is 7.15. The number of hydrogen-bond donors (Lipinski definition) is 0. The van der Waals surface area contributed by atoms with Crippen molar-refractivity contribution >= 4 is 14.6 Å². The SMILES string of the molecule is [Ce+3].[O-]B([O-])[O-].[O-]B([O-])[O-].[Pr+3]. The summed E-state index contributed by atoms with van der Waals surface area (Å²) in [5, 5.41) is 50.5. The first-order chi connectivity index (χ1) is 3.46. The van der Waals surface area contributed by atoms with Crippen LogP contribution >= 0.6 is 0 Å². The second-order valence-corrected chi connectivity index (χ2v) is 0.577. The van der Waals surface area contributed by atoms with E-state index >= 15 is 0 Å². The smallest absolute Gasteiger partial charge is 0.907 e. The first-order valence-electron chi connectivity index (χ1n) is 1.41. The third kappa shape index (κ3) is 143. The Hall–Kier alpha value is 2.63. The Morgan fingerprint density at radius 3 is 0.600 bits per heavy atom. The van der Waals surface area contributed by atoms with Crippen LogP contribution in [-0.2, 0) is 0 Å². The zero-order valence-corrected chi connectivity index (χ0v) is 11.5. The fourth-order valence-electron chi connectivity index (χ4n) is 0. The van der Waals surface area contributed by atoms with Crippen LogP contribution in [0, 0.1) is 83.0 Å². The molecule has 1 radical (unpaired) electrons. The van der Waals surface area contributed by atoms with Gasteiger partial charge in [0.1, 0.15) is 0 Å². The molecule has 0 spiro atoms. The first-order valence-corrected chi connectivity index (χ1v) is 1.41. The van der Waals surface area contributed by atoms with Crippen molar-refractivity contribution in [2.45, 2.75) is 0 Å². The summed E-state index contributed by atoms with van der Waals surface area (Å²) in [6.45, 7) is 0. The van der Waals surface area contributed by atoms with Gasteiger partial charge in [0.2, 0.25) is 0 Å². The van der Waals surface area contributed by atoms with Crippen molar-refractivity contribution in [1.82, 2.24) is 0 Å². The van der Waals surface area contributed by atoms with Crippen molar-refractivity contribution in [3.05, 3.63) is 0 Å². The van der Waals surface area contributed by atoms with Gasteiger partial charge in [-0.05, 0) is 0 Å². The molecule has 0 amide bonds. The predicted molar refractivity (Wildman–Crippen MR) is 11.5 cm³/mol. The van der Waals surface area contributed by atoms with Gasteiger partial charge in [0.05, 0.1) is 0 Å². The normalized spacial score (nSPS) is 5.40. The second-order valence-electron chi connectivity index (χ2n) is 0.577. The maximum atomic E-state index is 8.42. The molecule has 0 saturated heterocycles. The molecule has 49 valence electrons. The molecule has 0 aromatic rings. The van der Waals surface area contributed by atoms with Crippen LogP contribution in [0.4, 0.5) is 0 Å². The summed E-state index contributed by atoms with van der Waals surface area (Å²) in [7, 11) is -5.83. The van der Waals surface area contributed by atoms with Crippen LogP contribution in [0.15, 0.2) is 0 Å². The third-order valence-corrected chi connectivity index (χ3v) is 0. The van der Waals surface area contributed by atoms with E-state index in [4.69, 9.17) is 30.1 Å². The van der Waals surface area contributed by atoms with E-state index in [9.17, 15) is 0 Å². The van der Waals surface area contributed by atoms with Gasteiger partial charge in [-0.15, -0.1) is 0 Å². The molecule has 10 heteroatoms. The minimum Gasteiger partial charge on any atom is -0.907 e. The van der Waals surface area contributed by atoms with Gasteiger partial charge in [0.25, 0.3) is 0 Å². The Morgan fingerprint density at radius 1 is 0.600 bits per heavy atom. The van der Waals surface area contributed by atoms with E-state index < -0.39 is 14.6 Å². The molecule has 6 nitrogen and oxygen atoms in total. The fourth-order valence-corrected chi connectivity index (χ4v) is 0. The van der Waals surface area contributed by atoms with Crippen LogP contribution in [0.2, 0.25) is 0 Å². The van der Waals surface area contributed by atoms with Crippen molar-refractivity contribution in [2.75, 3.05) is 0 Å². The molecule has 0 aliphatic carbocycles. The van der Waals surface area contributed by atoms with Gasteiger partial charge >= 0.3 is 83.0 Å². The topological polar surface area (TPSA) is 138 Å². The molecule has 0 saturated carbocycles. The number of hydrogen-bond acceptors (Lipinski definition) is 6. The molecule has 0 unspecified atom stereocenters. The molecule has 0 aliphatic heterocycles. The minimum absolute atomic E-state index is 0. The van der Waals surface area contributed by atoms with Gasteiger partial charge in [0, 0.05) is 0 Å². The van der Waals surface area contributed by atoms with Crippen molar-refractivity contribution in [3.63, 3.8) is 0 Å². The quantitative estimate of drug-likeness (QED) is 0.371. The molecule has 0 rings (SSSR count). The van der Waals surface area contributed by atoms with Crippen LogP contribution in [0.3, 0.4) is 0 Å². The van der Waals surface area contributed by atoms with Gasteiger partial charge < -0.3 is 30.1 Å². The van der Waals surface area contributed by atoms with E-state index in [-0.39, 0.29) is 83.0 Å². The second kappa shape index (κ2) is 17.6. The Balaban J connectivity index is -0.0000000300. The van der Waals surface area contributed by atoms with E-state index in [0.717, 1.165) is 0 Å². The maximum absolute atomic E-state index is 8.42. The molecule has 0 heterocycles. The molecule has 0 bridgehead atoms. The Morgan fingerprint density at radius 2 is 0.600 bits per heavy atom. The molecule has 0 aromatic carbocycles. The Bertz CT molecular complexity index is 31.2.